The van der Waals surface area contributed by atoms with Crippen molar-refractivity contribution in [2.75, 3.05) is 26.2 Å². The van der Waals surface area contributed by atoms with Gasteiger partial charge in [0.15, 0.2) is 5.79 Å². The van der Waals surface area contributed by atoms with Crippen molar-refractivity contribution < 1.29 is 0 Å². The van der Waals surface area contributed by atoms with Gasteiger partial charge in [0.25, 0.3) is 0 Å². The number of likely N-dealkylation sites (tertiary alicyclic amines) is 1. The zero-order chi connectivity index (χ0) is 19.2. The molecule has 0 amide bonds. The van der Waals surface area contributed by atoms with Gasteiger partial charge in [0.2, 0.25) is 5.96 Å². The fourth-order valence-electron chi connectivity index (χ4n) is 3.59. The minimum absolute atomic E-state index is 0.587. The van der Waals surface area contributed by atoms with E-state index in [9.17, 15) is 0 Å². The zero-order valence-electron chi connectivity index (χ0n) is 16.1. The average Bonchev–Trinajstić information content (AvgIpc) is 3.41. The maximum atomic E-state index is 6.62. The van der Waals surface area contributed by atoms with Crippen molar-refractivity contribution in [1.29, 1.82) is 0 Å². The number of nitrogens with two attached hydrogens (primary N) is 1. The molecule has 3 heterocycles. The smallest absolute Gasteiger partial charge is 0.223 e. The van der Waals surface area contributed by atoms with E-state index in [2.05, 4.69) is 35.5 Å². The molecular weight excluding hydrogens is 352 g/mol. The van der Waals surface area contributed by atoms with E-state index in [4.69, 9.17) is 5.73 Å². The third-order valence-corrected chi connectivity index (χ3v) is 5.15. The van der Waals surface area contributed by atoms with Crippen molar-refractivity contribution in [3.8, 4) is 0 Å². The highest BCUT2D eigenvalue weighted by Gasteiger charge is 2.30. The highest BCUT2D eigenvalue weighted by molar-refractivity contribution is 6.07. The minimum Gasteiger partial charge on any atom is -0.353 e. The molecule has 0 radical (unpaired) electrons. The summed E-state index contributed by atoms with van der Waals surface area (Å²) in [5.41, 5.74) is 8.65. The van der Waals surface area contributed by atoms with Gasteiger partial charge in [0.1, 0.15) is 5.84 Å². The minimum atomic E-state index is -0.923. The monoisotopic (exact) mass is 380 g/mol. The summed E-state index contributed by atoms with van der Waals surface area (Å²) in [5, 5.41) is 6.70. The number of aromatic amines is 1. The Balaban J connectivity index is 1.47. The average molecular weight is 381 g/mol. The molecule has 0 bridgehead atoms. The summed E-state index contributed by atoms with van der Waals surface area (Å²) in [5.74, 6) is 0.406. The van der Waals surface area contributed by atoms with E-state index >= 15 is 0 Å². The first-order chi connectivity index (χ1) is 13.7. The van der Waals surface area contributed by atoms with Gasteiger partial charge in [0.05, 0.1) is 6.33 Å². The number of amidine groups is 1. The largest absolute Gasteiger partial charge is 0.353 e. The van der Waals surface area contributed by atoms with Gasteiger partial charge in [-0.3, -0.25) is 5.73 Å². The Labute approximate surface area is 165 Å². The Morgan fingerprint density at radius 2 is 2.00 bits per heavy atom. The lowest BCUT2D eigenvalue weighted by Gasteiger charge is -2.32. The number of imidazole rings is 1. The standard InChI is InChI=1S/C20H28N8/c21-20(9-8-17-14-22-15-24-17)26-18(16-6-2-1-3-7-16)25-19(27-20)23-10-13-28-11-4-5-12-28/h1-3,6-7,14-15H,4-5,8-13,21H2,(H,22,24)(H2,23,25,26,27). The second-order valence-corrected chi connectivity index (χ2v) is 7.36. The molecule has 0 spiro atoms. The van der Waals surface area contributed by atoms with Crippen LogP contribution in [0, 0.1) is 0 Å². The van der Waals surface area contributed by atoms with Crippen LogP contribution < -0.4 is 16.4 Å². The van der Waals surface area contributed by atoms with Gasteiger partial charge < -0.3 is 20.5 Å². The fourth-order valence-corrected chi connectivity index (χ4v) is 3.59. The van der Waals surface area contributed by atoms with E-state index in [1.807, 2.05) is 36.5 Å². The van der Waals surface area contributed by atoms with E-state index in [-0.39, 0.29) is 0 Å². The highest BCUT2D eigenvalue weighted by Crippen LogP contribution is 2.15. The lowest BCUT2D eigenvalue weighted by atomic mass is 10.1. The Morgan fingerprint density at radius 3 is 2.75 bits per heavy atom. The number of hydrogen-bond donors (Lipinski definition) is 4. The molecule has 4 rings (SSSR count). The van der Waals surface area contributed by atoms with Gasteiger partial charge in [0, 0.05) is 37.0 Å². The van der Waals surface area contributed by atoms with Crippen LogP contribution in [0.3, 0.4) is 0 Å². The van der Waals surface area contributed by atoms with E-state index in [1.54, 1.807) is 6.33 Å². The number of benzene rings is 1. The third-order valence-electron chi connectivity index (χ3n) is 5.15. The van der Waals surface area contributed by atoms with Crippen molar-refractivity contribution in [3.63, 3.8) is 0 Å². The molecule has 1 aromatic carbocycles. The predicted molar refractivity (Wildman–Crippen MR) is 111 cm³/mol. The van der Waals surface area contributed by atoms with Gasteiger partial charge in [-0.25, -0.2) is 9.98 Å². The third kappa shape index (κ3) is 4.76. The van der Waals surface area contributed by atoms with Crippen LogP contribution in [-0.2, 0) is 6.42 Å². The molecule has 1 atom stereocenters. The van der Waals surface area contributed by atoms with Gasteiger partial charge in [-0.2, -0.15) is 4.99 Å². The fraction of sp³-hybridized carbons (Fsp3) is 0.450. The SMILES string of the molecule is NC1(CCc2cnc[nH]2)N=C(NCCN2CCCC2)N=C(c2ccccc2)N1. The molecule has 28 heavy (non-hydrogen) atoms. The van der Waals surface area contributed by atoms with Crippen molar-refractivity contribution >= 4 is 11.8 Å². The second kappa shape index (κ2) is 8.53. The van der Waals surface area contributed by atoms with E-state index < -0.39 is 5.79 Å². The lowest BCUT2D eigenvalue weighted by molar-refractivity contribution is 0.341. The number of nitrogens with one attached hydrogen (secondary N) is 3. The van der Waals surface area contributed by atoms with Crippen LogP contribution in [0.15, 0.2) is 52.8 Å². The number of aryl methyl sites for hydroxylation is 1. The molecular formula is C20H28N8. The number of aliphatic imine (C=N–C) groups is 2. The number of H-pyrrole nitrogens is 1. The first-order valence-corrected chi connectivity index (χ1v) is 9.95. The number of aromatic nitrogens is 2. The van der Waals surface area contributed by atoms with Crippen molar-refractivity contribution in [3.05, 3.63) is 54.1 Å². The Morgan fingerprint density at radius 1 is 1.18 bits per heavy atom. The maximum Gasteiger partial charge on any atom is 0.223 e. The summed E-state index contributed by atoms with van der Waals surface area (Å²) in [6, 6.07) is 10.0. The first kappa shape index (κ1) is 18.6. The van der Waals surface area contributed by atoms with Crippen molar-refractivity contribution in [2.24, 2.45) is 15.7 Å². The molecule has 0 aliphatic carbocycles. The van der Waals surface area contributed by atoms with E-state index in [1.165, 1.54) is 25.9 Å². The summed E-state index contributed by atoms with van der Waals surface area (Å²) < 4.78 is 0. The van der Waals surface area contributed by atoms with Crippen LogP contribution >= 0.6 is 0 Å². The summed E-state index contributed by atoms with van der Waals surface area (Å²) in [4.78, 5) is 19.0. The predicted octanol–water partition coefficient (Wildman–Crippen LogP) is 1.05. The summed E-state index contributed by atoms with van der Waals surface area (Å²) in [6.45, 7) is 4.16. The van der Waals surface area contributed by atoms with Crippen molar-refractivity contribution in [1.82, 2.24) is 25.5 Å². The van der Waals surface area contributed by atoms with Crippen LogP contribution in [0.1, 0.15) is 30.5 Å². The Kier molecular flexibility index (Phi) is 5.68. The lowest BCUT2D eigenvalue weighted by Crippen LogP contribution is -2.58. The first-order valence-electron chi connectivity index (χ1n) is 9.95. The normalized spacial score (nSPS) is 22.5. The molecule has 1 fully saturated rings. The molecule has 148 valence electrons. The quantitative estimate of drug-likeness (QED) is 0.574. The summed E-state index contributed by atoms with van der Waals surface area (Å²) >= 11 is 0. The van der Waals surface area contributed by atoms with Gasteiger partial charge in [-0.05, 0) is 32.4 Å². The molecule has 5 N–H and O–H groups in total. The highest BCUT2D eigenvalue weighted by atomic mass is 15.4. The van der Waals surface area contributed by atoms with Gasteiger partial charge in [-0.1, -0.05) is 30.3 Å². The molecule has 8 nitrogen and oxygen atoms in total. The van der Waals surface area contributed by atoms with Crippen LogP contribution in [0.25, 0.3) is 0 Å². The van der Waals surface area contributed by atoms with Crippen LogP contribution in [-0.4, -0.2) is 58.6 Å². The van der Waals surface area contributed by atoms with Gasteiger partial charge >= 0.3 is 0 Å². The van der Waals surface area contributed by atoms with E-state index in [0.717, 1.165) is 36.6 Å². The summed E-state index contributed by atoms with van der Waals surface area (Å²) in [7, 11) is 0. The van der Waals surface area contributed by atoms with Crippen molar-refractivity contribution in [2.45, 2.75) is 31.5 Å². The topological polar surface area (TPSA) is 107 Å². The van der Waals surface area contributed by atoms with Gasteiger partial charge in [-0.15, -0.1) is 0 Å². The summed E-state index contributed by atoms with van der Waals surface area (Å²) in [6.07, 6.45) is 7.45. The van der Waals surface area contributed by atoms with E-state index in [0.29, 0.717) is 12.4 Å². The molecule has 2 aliphatic heterocycles. The van der Waals surface area contributed by atoms with Crippen LogP contribution in [0.4, 0.5) is 0 Å². The number of guanidine groups is 1. The zero-order valence-corrected chi connectivity index (χ0v) is 16.1. The second-order valence-electron chi connectivity index (χ2n) is 7.36. The number of nitrogens with zero attached hydrogens (tertiary/aromatic N) is 4. The molecule has 0 saturated carbocycles. The van der Waals surface area contributed by atoms with Crippen LogP contribution in [0.5, 0.6) is 0 Å². The molecule has 2 aliphatic rings. The Bertz CT molecular complexity index is 808. The number of rotatable bonds is 7. The van der Waals surface area contributed by atoms with Crippen LogP contribution in [0.2, 0.25) is 0 Å². The molecule has 8 heteroatoms. The molecule has 1 unspecified atom stereocenters. The molecule has 1 saturated heterocycles. The number of hydrogen-bond acceptors (Lipinski definition) is 7. The molecule has 1 aromatic heterocycles. The maximum absolute atomic E-state index is 6.62. The molecule has 2 aromatic rings. The Hall–Kier alpha value is -2.71.